The van der Waals surface area contributed by atoms with E-state index in [1.165, 1.54) is 5.56 Å². The van der Waals surface area contributed by atoms with E-state index in [9.17, 15) is 9.90 Å². The molecule has 1 heterocycles. The van der Waals surface area contributed by atoms with Crippen molar-refractivity contribution in [2.75, 3.05) is 13.1 Å². The van der Waals surface area contributed by atoms with Crippen molar-refractivity contribution in [2.45, 2.75) is 24.3 Å². The maximum Gasteiger partial charge on any atom is 0.253 e. The molecule has 3 unspecified atom stereocenters. The second-order valence-electron chi connectivity index (χ2n) is 5.61. The van der Waals surface area contributed by atoms with Crippen LogP contribution in [0.5, 0.6) is 0 Å². The van der Waals surface area contributed by atoms with Crippen LogP contribution in [0.2, 0.25) is 0 Å². The smallest absolute Gasteiger partial charge is 0.253 e. The number of benzene rings is 1. The van der Waals surface area contributed by atoms with Crippen molar-refractivity contribution in [3.63, 3.8) is 0 Å². The third-order valence-electron chi connectivity index (χ3n) is 4.46. The molecule has 19 heavy (non-hydrogen) atoms. The summed E-state index contributed by atoms with van der Waals surface area (Å²) >= 11 is 3.40. The summed E-state index contributed by atoms with van der Waals surface area (Å²) in [6, 6.07) is 7.74. The summed E-state index contributed by atoms with van der Waals surface area (Å²) in [4.78, 5) is 14.3. The SMILES string of the molecule is O=C(c1ccc(CBr)cc1)N1CC2CCC(O)C2C1. The van der Waals surface area contributed by atoms with Crippen molar-refractivity contribution in [1.29, 1.82) is 0 Å². The Morgan fingerprint density at radius 3 is 2.63 bits per heavy atom. The summed E-state index contributed by atoms with van der Waals surface area (Å²) in [6.07, 6.45) is 1.74. The number of hydrogen-bond donors (Lipinski definition) is 1. The van der Waals surface area contributed by atoms with Gasteiger partial charge < -0.3 is 10.0 Å². The molecular weight excluding hydrogens is 306 g/mol. The van der Waals surface area contributed by atoms with Gasteiger partial charge in [-0.2, -0.15) is 0 Å². The van der Waals surface area contributed by atoms with Crippen LogP contribution < -0.4 is 0 Å². The van der Waals surface area contributed by atoms with Crippen LogP contribution in [-0.4, -0.2) is 35.1 Å². The number of halogens is 1. The van der Waals surface area contributed by atoms with Crippen LogP contribution in [0, 0.1) is 11.8 Å². The Balaban J connectivity index is 1.71. The fourth-order valence-electron chi connectivity index (χ4n) is 3.32. The summed E-state index contributed by atoms with van der Waals surface area (Å²) in [5.74, 6) is 0.897. The number of nitrogens with zero attached hydrogens (tertiary/aromatic N) is 1. The minimum atomic E-state index is -0.210. The molecule has 1 saturated heterocycles. The largest absolute Gasteiger partial charge is 0.393 e. The molecule has 1 N–H and O–H groups in total. The number of fused-ring (bicyclic) bond motifs is 1. The van der Waals surface area contributed by atoms with Gasteiger partial charge >= 0.3 is 0 Å². The molecule has 3 rings (SSSR count). The van der Waals surface area contributed by atoms with Crippen molar-refractivity contribution < 1.29 is 9.90 Å². The van der Waals surface area contributed by atoms with E-state index in [1.807, 2.05) is 29.2 Å². The van der Waals surface area contributed by atoms with Gasteiger partial charge in [-0.25, -0.2) is 0 Å². The van der Waals surface area contributed by atoms with Crippen LogP contribution in [0.25, 0.3) is 0 Å². The van der Waals surface area contributed by atoms with Gasteiger partial charge in [0.1, 0.15) is 0 Å². The highest BCUT2D eigenvalue weighted by Crippen LogP contribution is 2.38. The minimum absolute atomic E-state index is 0.0997. The molecule has 3 nitrogen and oxygen atoms in total. The topological polar surface area (TPSA) is 40.5 Å². The maximum absolute atomic E-state index is 12.4. The van der Waals surface area contributed by atoms with Gasteiger partial charge in [0, 0.05) is 29.9 Å². The van der Waals surface area contributed by atoms with Gasteiger partial charge in [0.25, 0.3) is 5.91 Å². The molecule has 1 aliphatic heterocycles. The molecule has 1 aromatic carbocycles. The van der Waals surface area contributed by atoms with Crippen LogP contribution >= 0.6 is 15.9 Å². The monoisotopic (exact) mass is 323 g/mol. The third kappa shape index (κ3) is 2.43. The van der Waals surface area contributed by atoms with Crippen molar-refractivity contribution in [1.82, 2.24) is 4.90 Å². The molecule has 0 aromatic heterocycles. The van der Waals surface area contributed by atoms with E-state index in [2.05, 4.69) is 15.9 Å². The number of alkyl halides is 1. The number of carbonyl (C=O) groups excluding carboxylic acids is 1. The molecule has 4 heteroatoms. The number of hydrogen-bond acceptors (Lipinski definition) is 2. The Hall–Kier alpha value is -0.870. The predicted molar refractivity (Wildman–Crippen MR) is 77.2 cm³/mol. The summed E-state index contributed by atoms with van der Waals surface area (Å²) in [5.41, 5.74) is 1.92. The quantitative estimate of drug-likeness (QED) is 0.849. The zero-order valence-electron chi connectivity index (χ0n) is 10.8. The van der Waals surface area contributed by atoms with E-state index in [1.54, 1.807) is 0 Å². The van der Waals surface area contributed by atoms with Crippen LogP contribution in [-0.2, 0) is 5.33 Å². The first kappa shape index (κ1) is 13.1. The number of amides is 1. The van der Waals surface area contributed by atoms with Gasteiger partial charge in [0.05, 0.1) is 6.10 Å². The zero-order valence-corrected chi connectivity index (χ0v) is 12.3. The standard InChI is InChI=1S/C15H18BrNO2/c16-7-10-1-3-11(4-2-10)15(19)17-8-12-5-6-14(18)13(12)9-17/h1-4,12-14,18H,5-9H2. The van der Waals surface area contributed by atoms with E-state index in [4.69, 9.17) is 0 Å². The highest BCUT2D eigenvalue weighted by atomic mass is 79.9. The predicted octanol–water partition coefficient (Wildman–Crippen LogP) is 2.42. The molecule has 102 valence electrons. The highest BCUT2D eigenvalue weighted by molar-refractivity contribution is 9.08. The van der Waals surface area contributed by atoms with Crippen molar-refractivity contribution >= 4 is 21.8 Å². The van der Waals surface area contributed by atoms with Crippen LogP contribution in [0.3, 0.4) is 0 Å². The number of rotatable bonds is 2. The molecule has 1 aliphatic carbocycles. The number of aliphatic hydroxyl groups excluding tert-OH is 1. The summed E-state index contributed by atoms with van der Waals surface area (Å²) in [6.45, 7) is 1.52. The average Bonchev–Trinajstić information content (AvgIpc) is 3.01. The normalized spacial score (nSPS) is 29.6. The second kappa shape index (κ2) is 5.25. The van der Waals surface area contributed by atoms with Gasteiger partial charge in [-0.3, -0.25) is 4.79 Å². The molecule has 1 saturated carbocycles. The van der Waals surface area contributed by atoms with Crippen molar-refractivity contribution in [3.05, 3.63) is 35.4 Å². The van der Waals surface area contributed by atoms with E-state index >= 15 is 0 Å². The van der Waals surface area contributed by atoms with Crippen molar-refractivity contribution in [2.24, 2.45) is 11.8 Å². The Labute approximate surface area is 121 Å². The first-order valence-corrected chi connectivity index (χ1v) is 7.93. The van der Waals surface area contributed by atoms with Gasteiger partial charge in [0.15, 0.2) is 0 Å². The lowest BCUT2D eigenvalue weighted by molar-refractivity contribution is 0.0752. The Kier molecular flexibility index (Phi) is 3.63. The van der Waals surface area contributed by atoms with E-state index in [0.717, 1.165) is 30.3 Å². The summed E-state index contributed by atoms with van der Waals surface area (Å²) in [5, 5.41) is 10.7. The summed E-state index contributed by atoms with van der Waals surface area (Å²) in [7, 11) is 0. The summed E-state index contributed by atoms with van der Waals surface area (Å²) < 4.78 is 0. The molecule has 1 amide bonds. The lowest BCUT2D eigenvalue weighted by Gasteiger charge is -2.18. The highest BCUT2D eigenvalue weighted by Gasteiger charge is 2.43. The fraction of sp³-hybridized carbons (Fsp3) is 0.533. The van der Waals surface area contributed by atoms with Crippen LogP contribution in [0.1, 0.15) is 28.8 Å². The number of carbonyl (C=O) groups is 1. The maximum atomic E-state index is 12.4. The molecule has 2 fully saturated rings. The first-order chi connectivity index (χ1) is 9.19. The van der Waals surface area contributed by atoms with E-state index < -0.39 is 0 Å². The second-order valence-corrected chi connectivity index (χ2v) is 6.17. The lowest BCUT2D eigenvalue weighted by Crippen LogP contribution is -2.31. The fourth-order valence-corrected chi connectivity index (χ4v) is 3.70. The van der Waals surface area contributed by atoms with Crippen LogP contribution in [0.4, 0.5) is 0 Å². The average molecular weight is 324 g/mol. The molecule has 3 atom stereocenters. The van der Waals surface area contributed by atoms with Crippen LogP contribution in [0.15, 0.2) is 24.3 Å². The number of likely N-dealkylation sites (tertiary alicyclic amines) is 1. The molecular formula is C15H18BrNO2. The Morgan fingerprint density at radius 2 is 2.00 bits per heavy atom. The van der Waals surface area contributed by atoms with Crippen molar-refractivity contribution in [3.8, 4) is 0 Å². The van der Waals surface area contributed by atoms with Gasteiger partial charge in [0.2, 0.25) is 0 Å². The number of aliphatic hydroxyl groups is 1. The zero-order chi connectivity index (χ0) is 13.4. The van der Waals surface area contributed by atoms with E-state index in [-0.39, 0.29) is 12.0 Å². The van der Waals surface area contributed by atoms with Gasteiger partial charge in [-0.15, -0.1) is 0 Å². The molecule has 0 bridgehead atoms. The first-order valence-electron chi connectivity index (χ1n) is 6.81. The minimum Gasteiger partial charge on any atom is -0.393 e. The molecule has 0 spiro atoms. The lowest BCUT2D eigenvalue weighted by atomic mass is 10.00. The van der Waals surface area contributed by atoms with Gasteiger partial charge in [-0.05, 0) is 36.5 Å². The third-order valence-corrected chi connectivity index (χ3v) is 5.11. The Morgan fingerprint density at radius 1 is 1.26 bits per heavy atom. The van der Waals surface area contributed by atoms with E-state index in [0.29, 0.717) is 18.4 Å². The molecule has 1 aromatic rings. The van der Waals surface area contributed by atoms with Gasteiger partial charge in [-0.1, -0.05) is 28.1 Å². The molecule has 2 aliphatic rings. The molecule has 0 radical (unpaired) electrons. The Bertz CT molecular complexity index is 474.